The van der Waals surface area contributed by atoms with E-state index in [0.717, 1.165) is 0 Å². The van der Waals surface area contributed by atoms with Crippen LogP contribution in [0.2, 0.25) is 5.02 Å². The lowest BCUT2D eigenvalue weighted by Gasteiger charge is -2.09. The summed E-state index contributed by atoms with van der Waals surface area (Å²) in [4.78, 5) is 22.9. The second-order valence-electron chi connectivity index (χ2n) is 4.90. The van der Waals surface area contributed by atoms with Gasteiger partial charge in [-0.25, -0.2) is 8.42 Å². The molecule has 0 spiro atoms. The van der Waals surface area contributed by atoms with Gasteiger partial charge in [0.1, 0.15) is 6.54 Å². The predicted octanol–water partition coefficient (Wildman–Crippen LogP) is 2.04. The van der Waals surface area contributed by atoms with Gasteiger partial charge in [0.2, 0.25) is 0 Å². The van der Waals surface area contributed by atoms with E-state index in [4.69, 9.17) is 11.6 Å². The molecule has 0 aromatic heterocycles. The maximum Gasteiger partial charge on any atom is 0.325 e. The summed E-state index contributed by atoms with van der Waals surface area (Å²) in [6.45, 7) is -0.250. The first-order chi connectivity index (χ1) is 11.8. The molecular weight excluding hydrogens is 368 g/mol. The highest BCUT2D eigenvalue weighted by atomic mass is 35.5. The molecule has 0 aliphatic carbocycles. The van der Waals surface area contributed by atoms with Gasteiger partial charge in [-0.2, -0.15) is 0 Å². The molecule has 132 valence electrons. The molecule has 9 heteroatoms. The highest BCUT2D eigenvalue weighted by Gasteiger charge is 2.14. The standard InChI is InChI=1S/C16H15ClN2O5S/c1-24-15(20)10-18-16(21)11-2-6-13(7-3-11)19-25(22,23)14-8-4-12(17)5-9-14/h2-9,19H,10H2,1H3,(H,18,21). The smallest absolute Gasteiger partial charge is 0.325 e. The summed E-state index contributed by atoms with van der Waals surface area (Å²) in [7, 11) is -2.54. The third-order valence-corrected chi connectivity index (χ3v) is 4.79. The average molecular weight is 383 g/mol. The van der Waals surface area contributed by atoms with Crippen molar-refractivity contribution in [2.75, 3.05) is 18.4 Å². The summed E-state index contributed by atoms with van der Waals surface area (Å²) in [5.74, 6) is -1.04. The highest BCUT2D eigenvalue weighted by molar-refractivity contribution is 7.92. The Bertz CT molecular complexity index is 864. The molecule has 0 aliphatic rings. The molecule has 0 unspecified atom stereocenters. The number of carbonyl (C=O) groups excluding carboxylic acids is 2. The number of benzene rings is 2. The molecule has 0 radical (unpaired) electrons. The van der Waals surface area contributed by atoms with Crippen molar-refractivity contribution >= 4 is 39.2 Å². The van der Waals surface area contributed by atoms with Gasteiger partial charge in [0.05, 0.1) is 12.0 Å². The first-order valence-corrected chi connectivity index (χ1v) is 8.91. The number of hydrogen-bond acceptors (Lipinski definition) is 5. The van der Waals surface area contributed by atoms with Crippen LogP contribution in [0.15, 0.2) is 53.4 Å². The number of esters is 1. The zero-order valence-corrected chi connectivity index (χ0v) is 14.7. The van der Waals surface area contributed by atoms with Crippen LogP contribution < -0.4 is 10.0 Å². The molecule has 1 amide bonds. The zero-order chi connectivity index (χ0) is 18.4. The fourth-order valence-electron chi connectivity index (χ4n) is 1.84. The Morgan fingerprint density at radius 3 is 2.20 bits per heavy atom. The minimum absolute atomic E-state index is 0.0665. The molecule has 2 N–H and O–H groups in total. The Morgan fingerprint density at radius 1 is 1.04 bits per heavy atom. The van der Waals surface area contributed by atoms with E-state index in [0.29, 0.717) is 10.7 Å². The molecule has 0 saturated carbocycles. The summed E-state index contributed by atoms with van der Waals surface area (Å²) in [5.41, 5.74) is 0.567. The maximum absolute atomic E-state index is 12.3. The Labute approximate surface area is 150 Å². The fraction of sp³-hybridized carbons (Fsp3) is 0.125. The summed E-state index contributed by atoms with van der Waals surface area (Å²) in [6, 6.07) is 11.5. The number of halogens is 1. The topological polar surface area (TPSA) is 102 Å². The van der Waals surface area contributed by atoms with Crippen LogP contribution in [0.3, 0.4) is 0 Å². The number of amides is 1. The van der Waals surface area contributed by atoms with E-state index in [1.54, 1.807) is 0 Å². The third-order valence-electron chi connectivity index (χ3n) is 3.14. The lowest BCUT2D eigenvalue weighted by molar-refractivity contribution is -0.139. The fourth-order valence-corrected chi connectivity index (χ4v) is 3.03. The van der Waals surface area contributed by atoms with Crippen LogP contribution in [-0.2, 0) is 19.6 Å². The van der Waals surface area contributed by atoms with Crippen LogP contribution >= 0.6 is 11.6 Å². The van der Waals surface area contributed by atoms with Gasteiger partial charge in [-0.1, -0.05) is 11.6 Å². The molecule has 25 heavy (non-hydrogen) atoms. The lowest BCUT2D eigenvalue weighted by Crippen LogP contribution is -2.30. The molecule has 0 bridgehead atoms. The third kappa shape index (κ3) is 5.20. The Balaban J connectivity index is 2.05. The number of anilines is 1. The van der Waals surface area contributed by atoms with Crippen LogP contribution in [0.25, 0.3) is 0 Å². The van der Waals surface area contributed by atoms with Crippen molar-refractivity contribution in [1.29, 1.82) is 0 Å². The molecule has 2 rings (SSSR count). The summed E-state index contributed by atoms with van der Waals surface area (Å²) < 4.78 is 31.3. The van der Waals surface area contributed by atoms with Gasteiger partial charge < -0.3 is 10.1 Å². The van der Waals surface area contributed by atoms with Gasteiger partial charge in [-0.15, -0.1) is 0 Å². The van der Waals surface area contributed by atoms with E-state index < -0.39 is 21.9 Å². The molecule has 0 saturated heterocycles. The Kier molecular flexibility index (Phi) is 6.00. The zero-order valence-electron chi connectivity index (χ0n) is 13.2. The Hall–Kier alpha value is -2.58. The number of nitrogens with one attached hydrogen (secondary N) is 2. The second-order valence-corrected chi connectivity index (χ2v) is 7.01. The van der Waals surface area contributed by atoms with Crippen molar-refractivity contribution < 1.29 is 22.7 Å². The van der Waals surface area contributed by atoms with Crippen LogP contribution in [0, 0.1) is 0 Å². The van der Waals surface area contributed by atoms with E-state index in [9.17, 15) is 18.0 Å². The molecule has 7 nitrogen and oxygen atoms in total. The van der Waals surface area contributed by atoms with E-state index in [1.807, 2.05) is 0 Å². The number of sulfonamides is 1. The predicted molar refractivity (Wildman–Crippen MR) is 93.1 cm³/mol. The average Bonchev–Trinajstić information content (AvgIpc) is 2.60. The van der Waals surface area contributed by atoms with Gasteiger partial charge in [-0.05, 0) is 48.5 Å². The molecule has 0 fully saturated rings. The monoisotopic (exact) mass is 382 g/mol. The second kappa shape index (κ2) is 8.00. The van der Waals surface area contributed by atoms with Crippen LogP contribution in [-0.4, -0.2) is 33.9 Å². The minimum atomic E-state index is -3.76. The highest BCUT2D eigenvalue weighted by Crippen LogP contribution is 2.18. The van der Waals surface area contributed by atoms with Crippen LogP contribution in [0.5, 0.6) is 0 Å². The molecular formula is C16H15ClN2O5S. The molecule has 2 aromatic rings. The van der Waals surface area contributed by atoms with Gasteiger partial charge in [-0.3, -0.25) is 14.3 Å². The molecule has 0 atom stereocenters. The van der Waals surface area contributed by atoms with Crippen molar-refractivity contribution in [2.45, 2.75) is 4.90 Å². The van der Waals surface area contributed by atoms with E-state index in [1.165, 1.54) is 55.6 Å². The first-order valence-electron chi connectivity index (χ1n) is 7.05. The van der Waals surface area contributed by atoms with Crippen LogP contribution in [0.1, 0.15) is 10.4 Å². The van der Waals surface area contributed by atoms with Gasteiger partial charge in [0.15, 0.2) is 0 Å². The van der Waals surface area contributed by atoms with Crippen molar-refractivity contribution in [2.24, 2.45) is 0 Å². The van der Waals surface area contributed by atoms with Crippen molar-refractivity contribution in [1.82, 2.24) is 5.32 Å². The summed E-state index contributed by atoms with van der Waals surface area (Å²) in [6.07, 6.45) is 0. The van der Waals surface area contributed by atoms with E-state index >= 15 is 0 Å². The number of hydrogen-bond donors (Lipinski definition) is 2. The Morgan fingerprint density at radius 2 is 1.64 bits per heavy atom. The van der Waals surface area contributed by atoms with Crippen molar-refractivity contribution in [3.63, 3.8) is 0 Å². The number of rotatable bonds is 6. The molecule has 2 aromatic carbocycles. The maximum atomic E-state index is 12.3. The SMILES string of the molecule is COC(=O)CNC(=O)c1ccc(NS(=O)(=O)c2ccc(Cl)cc2)cc1. The van der Waals surface area contributed by atoms with Crippen molar-refractivity contribution in [3.05, 3.63) is 59.1 Å². The minimum Gasteiger partial charge on any atom is -0.468 e. The van der Waals surface area contributed by atoms with E-state index in [-0.39, 0.29) is 17.0 Å². The van der Waals surface area contributed by atoms with E-state index in [2.05, 4.69) is 14.8 Å². The number of ether oxygens (including phenoxy) is 1. The molecule has 0 aliphatic heterocycles. The van der Waals surface area contributed by atoms with Gasteiger partial charge >= 0.3 is 5.97 Å². The molecule has 0 heterocycles. The van der Waals surface area contributed by atoms with Crippen LogP contribution in [0.4, 0.5) is 5.69 Å². The summed E-state index contributed by atoms with van der Waals surface area (Å²) in [5, 5.41) is 2.82. The number of carbonyl (C=O) groups is 2. The van der Waals surface area contributed by atoms with Gasteiger partial charge in [0, 0.05) is 16.3 Å². The van der Waals surface area contributed by atoms with Gasteiger partial charge in [0.25, 0.3) is 15.9 Å². The first kappa shape index (κ1) is 18.8. The van der Waals surface area contributed by atoms with Crippen molar-refractivity contribution in [3.8, 4) is 0 Å². The summed E-state index contributed by atoms with van der Waals surface area (Å²) >= 11 is 5.74. The quantitative estimate of drug-likeness (QED) is 0.744. The number of methoxy groups -OCH3 is 1. The normalized spacial score (nSPS) is 10.8. The largest absolute Gasteiger partial charge is 0.468 e. The lowest BCUT2D eigenvalue weighted by atomic mass is 10.2.